The minimum absolute atomic E-state index is 0.0631. The van der Waals surface area contributed by atoms with E-state index in [1.54, 1.807) is 0 Å². The molecule has 0 aromatic heterocycles. The number of ether oxygens (including phenoxy) is 2. The van der Waals surface area contributed by atoms with Crippen LogP contribution >= 0.6 is 15.9 Å². The van der Waals surface area contributed by atoms with E-state index in [4.69, 9.17) is 6.42 Å². The summed E-state index contributed by atoms with van der Waals surface area (Å²) in [5.41, 5.74) is 0.242. The van der Waals surface area contributed by atoms with Crippen LogP contribution in [0.15, 0.2) is 40.9 Å². The van der Waals surface area contributed by atoms with Crippen LogP contribution in [0.4, 0.5) is 8.78 Å². The van der Waals surface area contributed by atoms with E-state index in [2.05, 4.69) is 31.3 Å². The highest BCUT2D eigenvalue weighted by atomic mass is 79.9. The lowest BCUT2D eigenvalue weighted by molar-refractivity contribution is 0.0586. The minimum atomic E-state index is -0.727. The second-order valence-corrected chi connectivity index (χ2v) is 5.36. The van der Waals surface area contributed by atoms with Crippen LogP contribution in [0, 0.1) is 24.0 Å². The van der Waals surface area contributed by atoms with Crippen LogP contribution in [0.1, 0.15) is 26.3 Å². The fourth-order valence-electron chi connectivity index (χ4n) is 1.65. The molecule has 2 aromatic rings. The zero-order valence-corrected chi connectivity index (χ0v) is 14.9. The molecule has 2 rings (SSSR count). The zero-order valence-electron chi connectivity index (χ0n) is 13.3. The summed E-state index contributed by atoms with van der Waals surface area (Å²) in [6.07, 6.45) is 5.09. The number of hydrogen-bond acceptors (Lipinski definition) is 4. The molecule has 0 unspecified atom stereocenters. The van der Waals surface area contributed by atoms with Crippen molar-refractivity contribution < 1.29 is 27.8 Å². The molecule has 0 atom stereocenters. The molecule has 0 heterocycles. The van der Waals surface area contributed by atoms with E-state index in [1.807, 2.05) is 0 Å². The van der Waals surface area contributed by atoms with E-state index in [-0.39, 0.29) is 11.1 Å². The van der Waals surface area contributed by atoms with Crippen LogP contribution in [-0.2, 0) is 9.47 Å². The summed E-state index contributed by atoms with van der Waals surface area (Å²) in [5, 5.41) is 0. The first-order valence-corrected chi connectivity index (χ1v) is 7.51. The molecule has 0 spiro atoms. The Hall–Kier alpha value is -2.72. The molecule has 4 nitrogen and oxygen atoms in total. The molecule has 0 aliphatic carbocycles. The molecule has 25 heavy (non-hydrogen) atoms. The smallest absolute Gasteiger partial charge is 0.340 e. The number of hydrogen-bond donors (Lipinski definition) is 0. The van der Waals surface area contributed by atoms with Gasteiger partial charge in [0.1, 0.15) is 11.6 Å². The molecule has 130 valence electrons. The van der Waals surface area contributed by atoms with Crippen molar-refractivity contribution >= 4 is 27.9 Å². The molecule has 0 bridgehead atoms. The van der Waals surface area contributed by atoms with Crippen LogP contribution in [0.2, 0.25) is 0 Å². The predicted molar refractivity (Wildman–Crippen MR) is 91.1 cm³/mol. The van der Waals surface area contributed by atoms with E-state index >= 15 is 0 Å². The van der Waals surface area contributed by atoms with Gasteiger partial charge >= 0.3 is 11.9 Å². The minimum Gasteiger partial charge on any atom is -0.465 e. The lowest BCUT2D eigenvalue weighted by Crippen LogP contribution is -2.04. The van der Waals surface area contributed by atoms with Gasteiger partial charge in [-0.15, -0.1) is 6.42 Å². The van der Waals surface area contributed by atoms with E-state index in [0.29, 0.717) is 10.0 Å². The van der Waals surface area contributed by atoms with Gasteiger partial charge in [0.2, 0.25) is 0 Å². The number of esters is 2. The summed E-state index contributed by atoms with van der Waals surface area (Å²) < 4.78 is 35.2. The second kappa shape index (κ2) is 9.55. The Morgan fingerprint density at radius 1 is 0.960 bits per heavy atom. The molecule has 0 aliphatic rings. The molecule has 0 amide bonds. The first-order chi connectivity index (χ1) is 11.8. The number of carbonyl (C=O) groups excluding carboxylic acids is 2. The largest absolute Gasteiger partial charge is 0.465 e. The van der Waals surface area contributed by atoms with Crippen LogP contribution < -0.4 is 0 Å². The summed E-state index contributed by atoms with van der Waals surface area (Å²) in [4.78, 5) is 21.9. The van der Waals surface area contributed by atoms with Gasteiger partial charge in [-0.25, -0.2) is 18.4 Å². The van der Waals surface area contributed by atoms with Crippen molar-refractivity contribution in [3.05, 3.63) is 69.2 Å². The highest BCUT2D eigenvalue weighted by molar-refractivity contribution is 9.10. The van der Waals surface area contributed by atoms with Gasteiger partial charge in [-0.3, -0.25) is 0 Å². The number of carbonyl (C=O) groups is 2. The fourth-order valence-corrected chi connectivity index (χ4v) is 2.01. The number of methoxy groups -OCH3 is 2. The SMILES string of the molecule is C#Cc1ccc(F)c(C(=O)OC)c1.COC(=O)c1cc(Br)ccc1F. The molecule has 0 N–H and O–H groups in total. The first-order valence-electron chi connectivity index (χ1n) is 6.71. The molecule has 0 fully saturated rings. The summed E-state index contributed by atoms with van der Waals surface area (Å²) >= 11 is 3.12. The number of terminal acetylenes is 1. The van der Waals surface area contributed by atoms with Gasteiger partial charge in [-0.05, 0) is 36.4 Å². The topological polar surface area (TPSA) is 52.6 Å². The Labute approximate surface area is 151 Å². The van der Waals surface area contributed by atoms with Crippen molar-refractivity contribution in [3.8, 4) is 12.3 Å². The van der Waals surface area contributed by atoms with Crippen molar-refractivity contribution in [1.29, 1.82) is 0 Å². The molecule has 0 radical (unpaired) electrons. The lowest BCUT2D eigenvalue weighted by atomic mass is 10.1. The standard InChI is InChI=1S/C10H7FO2.C8H6BrFO2/c1-3-7-4-5-9(11)8(6-7)10(12)13-2;1-12-8(11)6-4-5(9)2-3-7(6)10/h1,4-6H,2H3;2-4H,1H3. The first kappa shape index (κ1) is 20.3. The van der Waals surface area contributed by atoms with E-state index in [0.717, 1.165) is 6.07 Å². The zero-order chi connectivity index (χ0) is 19.0. The van der Waals surface area contributed by atoms with Crippen molar-refractivity contribution in [2.24, 2.45) is 0 Å². The molecule has 0 saturated heterocycles. The Morgan fingerprint density at radius 2 is 1.44 bits per heavy atom. The van der Waals surface area contributed by atoms with Gasteiger partial charge in [-0.1, -0.05) is 21.9 Å². The van der Waals surface area contributed by atoms with E-state index in [1.165, 1.54) is 44.6 Å². The molecule has 0 aliphatic heterocycles. The van der Waals surface area contributed by atoms with Crippen molar-refractivity contribution in [2.75, 3.05) is 14.2 Å². The number of halogens is 3. The molecular formula is C18H13BrF2O4. The van der Waals surface area contributed by atoms with Gasteiger partial charge < -0.3 is 9.47 Å². The van der Waals surface area contributed by atoms with Crippen molar-refractivity contribution in [3.63, 3.8) is 0 Å². The summed E-state index contributed by atoms with van der Waals surface area (Å²) in [6, 6.07) is 7.93. The molecular weight excluding hydrogens is 398 g/mol. The molecule has 7 heteroatoms. The highest BCUT2D eigenvalue weighted by Crippen LogP contribution is 2.16. The van der Waals surface area contributed by atoms with Crippen LogP contribution in [-0.4, -0.2) is 26.2 Å². The van der Waals surface area contributed by atoms with Crippen molar-refractivity contribution in [2.45, 2.75) is 0 Å². The maximum atomic E-state index is 13.0. The van der Waals surface area contributed by atoms with Gasteiger partial charge in [0.25, 0.3) is 0 Å². The number of rotatable bonds is 2. The summed E-state index contributed by atoms with van der Waals surface area (Å²) in [6.45, 7) is 0. The maximum Gasteiger partial charge on any atom is 0.340 e. The fraction of sp³-hybridized carbons (Fsp3) is 0.111. The molecule has 2 aromatic carbocycles. The Bertz CT molecular complexity index is 828. The van der Waals surface area contributed by atoms with Crippen LogP contribution in [0.5, 0.6) is 0 Å². The van der Waals surface area contributed by atoms with E-state index in [9.17, 15) is 18.4 Å². The Morgan fingerprint density at radius 3 is 1.92 bits per heavy atom. The Kier molecular flexibility index (Phi) is 7.76. The normalized spacial score (nSPS) is 9.28. The second-order valence-electron chi connectivity index (χ2n) is 4.45. The van der Waals surface area contributed by atoms with Crippen molar-refractivity contribution in [1.82, 2.24) is 0 Å². The van der Waals surface area contributed by atoms with Gasteiger partial charge in [-0.2, -0.15) is 0 Å². The highest BCUT2D eigenvalue weighted by Gasteiger charge is 2.12. The monoisotopic (exact) mass is 410 g/mol. The quantitative estimate of drug-likeness (QED) is 0.555. The van der Waals surface area contributed by atoms with E-state index < -0.39 is 23.6 Å². The third-order valence-electron chi connectivity index (χ3n) is 2.87. The maximum absolute atomic E-state index is 13.0. The van der Waals surface area contributed by atoms with Crippen LogP contribution in [0.25, 0.3) is 0 Å². The number of benzene rings is 2. The summed E-state index contributed by atoms with van der Waals surface area (Å²) in [7, 11) is 2.40. The molecule has 0 saturated carbocycles. The van der Waals surface area contributed by atoms with Gasteiger partial charge in [0.05, 0.1) is 25.3 Å². The lowest BCUT2D eigenvalue weighted by Gasteiger charge is -2.00. The Balaban J connectivity index is 0.000000251. The third-order valence-corrected chi connectivity index (χ3v) is 3.37. The summed E-state index contributed by atoms with van der Waals surface area (Å²) in [5.74, 6) is -0.313. The van der Waals surface area contributed by atoms with Crippen LogP contribution in [0.3, 0.4) is 0 Å². The van der Waals surface area contributed by atoms with Gasteiger partial charge in [0.15, 0.2) is 0 Å². The average Bonchev–Trinajstić information content (AvgIpc) is 2.63. The third kappa shape index (κ3) is 5.69. The van der Waals surface area contributed by atoms with Gasteiger partial charge in [0, 0.05) is 10.0 Å². The average molecular weight is 411 g/mol. The predicted octanol–water partition coefficient (Wildman–Crippen LogP) is 3.97.